The first-order valence-electron chi connectivity index (χ1n) is 4.62. The molecule has 0 aromatic carbocycles. The predicted octanol–water partition coefficient (Wildman–Crippen LogP) is 2.00. The van der Waals surface area contributed by atoms with Crippen molar-refractivity contribution in [3.05, 3.63) is 23.4 Å². The number of aromatic nitrogens is 1. The minimum absolute atomic E-state index is 0.614. The van der Waals surface area contributed by atoms with E-state index in [9.17, 15) is 0 Å². The number of nitrogens with zero attached hydrogens (tertiary/aromatic N) is 1. The summed E-state index contributed by atoms with van der Waals surface area (Å²) in [6.45, 7) is 6.84. The van der Waals surface area contributed by atoms with Crippen molar-refractivity contribution >= 4 is 23.1 Å². The summed E-state index contributed by atoms with van der Waals surface area (Å²) in [5, 5.41) is 6.64. The average molecular weight is 209 g/mol. The summed E-state index contributed by atoms with van der Waals surface area (Å²) in [5.41, 5.74) is 2.21. The van der Waals surface area contributed by atoms with E-state index in [0.29, 0.717) is 5.11 Å². The van der Waals surface area contributed by atoms with Gasteiger partial charge >= 0.3 is 0 Å². The van der Waals surface area contributed by atoms with E-state index < -0.39 is 0 Å². The van der Waals surface area contributed by atoms with Crippen molar-refractivity contribution in [2.24, 2.45) is 0 Å². The van der Waals surface area contributed by atoms with E-state index in [0.717, 1.165) is 18.1 Å². The lowest BCUT2D eigenvalue weighted by molar-refractivity contribution is 0.977. The number of thiocarbonyl (C=S) groups is 1. The molecule has 0 unspecified atom stereocenters. The molecule has 0 spiro atoms. The number of hydrogen-bond acceptors (Lipinski definition) is 2. The zero-order valence-electron chi connectivity index (χ0n) is 8.72. The molecule has 1 aromatic heterocycles. The van der Waals surface area contributed by atoms with Gasteiger partial charge in [-0.15, -0.1) is 0 Å². The Morgan fingerprint density at radius 1 is 1.43 bits per heavy atom. The molecule has 0 aliphatic heterocycles. The molecule has 0 aliphatic carbocycles. The highest BCUT2D eigenvalue weighted by Gasteiger charge is 1.99. The van der Waals surface area contributed by atoms with Gasteiger partial charge in [-0.25, -0.2) is 4.98 Å². The van der Waals surface area contributed by atoms with Crippen LogP contribution in [0.2, 0.25) is 0 Å². The fourth-order valence-electron chi connectivity index (χ4n) is 1.02. The molecule has 0 amide bonds. The third kappa shape index (κ3) is 2.96. The maximum Gasteiger partial charge on any atom is 0.171 e. The van der Waals surface area contributed by atoms with E-state index >= 15 is 0 Å². The lowest BCUT2D eigenvalue weighted by Crippen LogP contribution is -2.28. The first-order valence-corrected chi connectivity index (χ1v) is 5.03. The van der Waals surface area contributed by atoms with Crippen LogP contribution >= 0.6 is 12.2 Å². The zero-order valence-corrected chi connectivity index (χ0v) is 9.53. The first-order chi connectivity index (χ1) is 6.63. The van der Waals surface area contributed by atoms with Gasteiger partial charge in [0, 0.05) is 12.2 Å². The monoisotopic (exact) mass is 209 g/mol. The lowest BCUT2D eigenvalue weighted by Gasteiger charge is -2.09. The molecule has 4 heteroatoms. The second-order valence-electron chi connectivity index (χ2n) is 3.08. The van der Waals surface area contributed by atoms with Crippen molar-refractivity contribution in [3.63, 3.8) is 0 Å². The third-order valence-electron chi connectivity index (χ3n) is 1.93. The van der Waals surface area contributed by atoms with Crippen molar-refractivity contribution in [3.8, 4) is 0 Å². The molecular formula is C10H15N3S. The third-order valence-corrected chi connectivity index (χ3v) is 2.18. The van der Waals surface area contributed by atoms with Crippen molar-refractivity contribution in [1.29, 1.82) is 0 Å². The SMILES string of the molecule is CCNC(=S)Nc1ccc(C)c(C)n1. The number of rotatable bonds is 2. The molecule has 1 aromatic rings. The molecule has 14 heavy (non-hydrogen) atoms. The fourth-order valence-corrected chi connectivity index (χ4v) is 1.27. The second kappa shape index (κ2) is 4.91. The van der Waals surface area contributed by atoms with Crippen molar-refractivity contribution in [2.45, 2.75) is 20.8 Å². The van der Waals surface area contributed by atoms with Gasteiger partial charge < -0.3 is 10.6 Å². The van der Waals surface area contributed by atoms with Crippen LogP contribution in [0, 0.1) is 13.8 Å². The molecule has 76 valence electrons. The number of nitrogens with one attached hydrogen (secondary N) is 2. The molecule has 0 bridgehead atoms. The molecule has 0 aliphatic rings. The summed E-state index contributed by atoms with van der Waals surface area (Å²) >= 11 is 5.05. The Bertz CT molecular complexity index is 336. The number of aryl methyl sites for hydroxylation is 2. The molecule has 0 saturated heterocycles. The minimum Gasteiger partial charge on any atom is -0.363 e. The number of anilines is 1. The van der Waals surface area contributed by atoms with Crippen LogP contribution in [0.15, 0.2) is 12.1 Å². The van der Waals surface area contributed by atoms with Crippen LogP contribution in [0.3, 0.4) is 0 Å². The van der Waals surface area contributed by atoms with Gasteiger partial charge in [0.2, 0.25) is 0 Å². The predicted molar refractivity (Wildman–Crippen MR) is 63.6 cm³/mol. The molecule has 2 N–H and O–H groups in total. The van der Waals surface area contributed by atoms with E-state index in [1.54, 1.807) is 0 Å². The average Bonchev–Trinajstić information content (AvgIpc) is 2.12. The standard InChI is InChI=1S/C10H15N3S/c1-4-11-10(14)13-9-6-5-7(2)8(3)12-9/h5-6H,4H2,1-3H3,(H2,11,12,13,14). The van der Waals surface area contributed by atoms with Crippen LogP contribution in [0.25, 0.3) is 0 Å². The highest BCUT2D eigenvalue weighted by Crippen LogP contribution is 2.08. The maximum absolute atomic E-state index is 5.05. The Kier molecular flexibility index (Phi) is 3.83. The largest absolute Gasteiger partial charge is 0.363 e. The van der Waals surface area contributed by atoms with Gasteiger partial charge in [0.15, 0.2) is 5.11 Å². The van der Waals surface area contributed by atoms with Crippen molar-refractivity contribution < 1.29 is 0 Å². The normalized spacial score (nSPS) is 9.64. The molecule has 0 saturated carbocycles. The summed E-state index contributed by atoms with van der Waals surface area (Å²) in [6, 6.07) is 3.95. The van der Waals surface area contributed by atoms with Crippen LogP contribution < -0.4 is 10.6 Å². The van der Waals surface area contributed by atoms with Crippen molar-refractivity contribution in [2.75, 3.05) is 11.9 Å². The quantitative estimate of drug-likeness (QED) is 0.731. The highest BCUT2D eigenvalue weighted by molar-refractivity contribution is 7.80. The van der Waals surface area contributed by atoms with E-state index in [4.69, 9.17) is 12.2 Å². The van der Waals surface area contributed by atoms with E-state index in [1.165, 1.54) is 5.56 Å². The van der Waals surface area contributed by atoms with Crippen LogP contribution in [-0.2, 0) is 0 Å². The van der Waals surface area contributed by atoms with Crippen molar-refractivity contribution in [1.82, 2.24) is 10.3 Å². The van der Waals surface area contributed by atoms with Crippen LogP contribution in [-0.4, -0.2) is 16.6 Å². The van der Waals surface area contributed by atoms with E-state index in [1.807, 2.05) is 32.9 Å². The Morgan fingerprint density at radius 2 is 2.14 bits per heavy atom. The highest BCUT2D eigenvalue weighted by atomic mass is 32.1. The van der Waals surface area contributed by atoms with E-state index in [2.05, 4.69) is 15.6 Å². The molecule has 0 radical (unpaired) electrons. The molecule has 3 nitrogen and oxygen atoms in total. The molecule has 0 fully saturated rings. The van der Waals surface area contributed by atoms with Crippen LogP contribution in [0.1, 0.15) is 18.2 Å². The Hall–Kier alpha value is -1.16. The van der Waals surface area contributed by atoms with Crippen LogP contribution in [0.4, 0.5) is 5.82 Å². The Labute approximate surface area is 89.9 Å². The van der Waals surface area contributed by atoms with Gasteiger partial charge in [-0.1, -0.05) is 6.07 Å². The number of hydrogen-bond donors (Lipinski definition) is 2. The summed E-state index contributed by atoms with van der Waals surface area (Å²) in [5.74, 6) is 0.791. The summed E-state index contributed by atoms with van der Waals surface area (Å²) in [6.07, 6.45) is 0. The summed E-state index contributed by atoms with van der Waals surface area (Å²) in [7, 11) is 0. The lowest BCUT2D eigenvalue weighted by atomic mass is 10.2. The second-order valence-corrected chi connectivity index (χ2v) is 3.49. The minimum atomic E-state index is 0.614. The number of pyridine rings is 1. The van der Waals surface area contributed by atoms with Gasteiger partial charge in [-0.3, -0.25) is 0 Å². The maximum atomic E-state index is 5.05. The topological polar surface area (TPSA) is 37.0 Å². The Balaban J connectivity index is 2.68. The van der Waals surface area contributed by atoms with Gasteiger partial charge in [-0.2, -0.15) is 0 Å². The van der Waals surface area contributed by atoms with Gasteiger partial charge in [0.25, 0.3) is 0 Å². The Morgan fingerprint density at radius 3 is 2.71 bits per heavy atom. The molecule has 0 atom stereocenters. The molecule has 1 heterocycles. The van der Waals surface area contributed by atoms with Crippen LogP contribution in [0.5, 0.6) is 0 Å². The molecule has 1 rings (SSSR count). The molecular weight excluding hydrogens is 194 g/mol. The van der Waals surface area contributed by atoms with Gasteiger partial charge in [0.05, 0.1) is 0 Å². The summed E-state index contributed by atoms with van der Waals surface area (Å²) in [4.78, 5) is 4.36. The fraction of sp³-hybridized carbons (Fsp3) is 0.400. The first kappa shape index (κ1) is 10.9. The van der Waals surface area contributed by atoms with Gasteiger partial charge in [0.1, 0.15) is 5.82 Å². The van der Waals surface area contributed by atoms with E-state index in [-0.39, 0.29) is 0 Å². The zero-order chi connectivity index (χ0) is 10.6. The summed E-state index contributed by atoms with van der Waals surface area (Å²) < 4.78 is 0. The van der Waals surface area contributed by atoms with Gasteiger partial charge in [-0.05, 0) is 44.6 Å². The smallest absolute Gasteiger partial charge is 0.171 e.